The van der Waals surface area contributed by atoms with E-state index < -0.39 is 11.5 Å². The third-order valence-electron chi connectivity index (χ3n) is 3.69. The number of carbonyl (C=O) groups is 2. The first-order valence-corrected chi connectivity index (χ1v) is 6.50. The molecule has 0 aromatic rings. The van der Waals surface area contributed by atoms with Gasteiger partial charge in [0.15, 0.2) is 0 Å². The molecule has 1 fully saturated rings. The predicted molar refractivity (Wildman–Crippen MR) is 65.7 cm³/mol. The lowest BCUT2D eigenvalue weighted by molar-refractivity contribution is -0.139. The van der Waals surface area contributed by atoms with Gasteiger partial charge in [-0.1, -0.05) is 33.1 Å². The van der Waals surface area contributed by atoms with Gasteiger partial charge >= 0.3 is 5.97 Å². The van der Waals surface area contributed by atoms with E-state index in [1.54, 1.807) is 0 Å². The summed E-state index contributed by atoms with van der Waals surface area (Å²) < 4.78 is 0. The van der Waals surface area contributed by atoms with Gasteiger partial charge in [-0.3, -0.25) is 9.59 Å². The maximum atomic E-state index is 11.9. The number of rotatable bonds is 6. The number of aliphatic carboxylic acids is 1. The van der Waals surface area contributed by atoms with Crippen molar-refractivity contribution in [3.8, 4) is 0 Å². The highest BCUT2D eigenvalue weighted by Gasteiger charge is 2.37. The molecule has 0 bridgehead atoms. The average molecular weight is 241 g/mol. The van der Waals surface area contributed by atoms with Gasteiger partial charge in [0, 0.05) is 6.42 Å². The fourth-order valence-corrected chi connectivity index (χ4v) is 2.49. The van der Waals surface area contributed by atoms with E-state index in [0.717, 1.165) is 32.1 Å². The Morgan fingerprint density at radius 1 is 1.35 bits per heavy atom. The largest absolute Gasteiger partial charge is 0.481 e. The Kier molecular flexibility index (Phi) is 4.97. The molecule has 1 aliphatic rings. The van der Waals surface area contributed by atoms with E-state index in [2.05, 4.69) is 12.2 Å². The fraction of sp³-hybridized carbons (Fsp3) is 0.846. The van der Waals surface area contributed by atoms with E-state index in [4.69, 9.17) is 5.11 Å². The van der Waals surface area contributed by atoms with Gasteiger partial charge in [0.1, 0.15) is 0 Å². The Balaban J connectivity index is 2.54. The van der Waals surface area contributed by atoms with Crippen LogP contribution in [0.15, 0.2) is 0 Å². The number of nitrogens with one attached hydrogen (secondary N) is 1. The highest BCUT2D eigenvalue weighted by molar-refractivity contribution is 5.78. The second-order valence-electron chi connectivity index (χ2n) is 5.32. The molecule has 1 unspecified atom stereocenters. The van der Waals surface area contributed by atoms with E-state index in [1.807, 2.05) is 6.92 Å². The number of carboxylic acid groups (broad SMARTS) is 1. The summed E-state index contributed by atoms with van der Waals surface area (Å²) in [5.74, 6) is -0.462. The number of carboxylic acids is 1. The third kappa shape index (κ3) is 4.36. The van der Waals surface area contributed by atoms with Crippen molar-refractivity contribution in [2.45, 2.75) is 64.3 Å². The van der Waals surface area contributed by atoms with Gasteiger partial charge < -0.3 is 10.4 Å². The SMILES string of the molecule is CCC(C)CC(=O)NC1(CC(=O)O)CCCC1. The van der Waals surface area contributed by atoms with E-state index >= 15 is 0 Å². The molecular formula is C13H23NO3. The molecule has 0 aromatic heterocycles. The summed E-state index contributed by atoms with van der Waals surface area (Å²) in [6.45, 7) is 4.10. The van der Waals surface area contributed by atoms with Gasteiger partial charge in [0.05, 0.1) is 12.0 Å². The second-order valence-corrected chi connectivity index (χ2v) is 5.32. The van der Waals surface area contributed by atoms with Crippen LogP contribution in [0.1, 0.15) is 58.8 Å². The monoisotopic (exact) mass is 241 g/mol. The molecule has 0 radical (unpaired) electrons. The lowest BCUT2D eigenvalue weighted by atomic mass is 9.92. The smallest absolute Gasteiger partial charge is 0.305 e. The molecule has 4 heteroatoms. The van der Waals surface area contributed by atoms with Crippen molar-refractivity contribution in [2.24, 2.45) is 5.92 Å². The van der Waals surface area contributed by atoms with Crippen LogP contribution in [0.5, 0.6) is 0 Å². The van der Waals surface area contributed by atoms with Crippen molar-refractivity contribution in [2.75, 3.05) is 0 Å². The minimum absolute atomic E-state index is 0.00231. The zero-order chi connectivity index (χ0) is 12.9. The van der Waals surface area contributed by atoms with Crippen LogP contribution in [0.2, 0.25) is 0 Å². The second kappa shape index (κ2) is 6.03. The maximum absolute atomic E-state index is 11.9. The Morgan fingerprint density at radius 3 is 2.41 bits per heavy atom. The van der Waals surface area contributed by atoms with Crippen LogP contribution in [-0.2, 0) is 9.59 Å². The van der Waals surface area contributed by atoms with Gasteiger partial charge in [-0.2, -0.15) is 0 Å². The normalized spacial score (nSPS) is 19.9. The Labute approximate surface area is 103 Å². The molecule has 0 saturated heterocycles. The topological polar surface area (TPSA) is 66.4 Å². The molecule has 17 heavy (non-hydrogen) atoms. The molecule has 0 aromatic carbocycles. The number of hydrogen-bond acceptors (Lipinski definition) is 2. The molecular weight excluding hydrogens is 218 g/mol. The Bertz CT molecular complexity index is 282. The van der Waals surface area contributed by atoms with Crippen molar-refractivity contribution in [1.29, 1.82) is 0 Å². The summed E-state index contributed by atoms with van der Waals surface area (Å²) in [5.41, 5.74) is -0.476. The van der Waals surface area contributed by atoms with E-state index in [1.165, 1.54) is 0 Å². The molecule has 1 rings (SSSR count). The Morgan fingerprint density at radius 2 is 1.94 bits per heavy atom. The first-order valence-electron chi connectivity index (χ1n) is 6.50. The Hall–Kier alpha value is -1.06. The molecule has 4 nitrogen and oxygen atoms in total. The predicted octanol–water partition coefficient (Wildman–Crippen LogP) is 2.33. The lowest BCUT2D eigenvalue weighted by Gasteiger charge is -2.29. The molecule has 0 heterocycles. The summed E-state index contributed by atoms with van der Waals surface area (Å²) in [5, 5.41) is 11.9. The van der Waals surface area contributed by atoms with Crippen LogP contribution in [0.25, 0.3) is 0 Å². The third-order valence-corrected chi connectivity index (χ3v) is 3.69. The van der Waals surface area contributed by atoms with Crippen molar-refractivity contribution in [3.63, 3.8) is 0 Å². The molecule has 98 valence electrons. The van der Waals surface area contributed by atoms with Gasteiger partial charge in [0.25, 0.3) is 0 Å². The van der Waals surface area contributed by atoms with Gasteiger partial charge in [0.2, 0.25) is 5.91 Å². The zero-order valence-corrected chi connectivity index (χ0v) is 10.8. The fourth-order valence-electron chi connectivity index (χ4n) is 2.49. The van der Waals surface area contributed by atoms with Crippen LogP contribution in [0, 0.1) is 5.92 Å². The van der Waals surface area contributed by atoms with E-state index in [0.29, 0.717) is 12.3 Å². The summed E-state index contributed by atoms with van der Waals surface area (Å²) in [6, 6.07) is 0. The highest BCUT2D eigenvalue weighted by atomic mass is 16.4. The summed E-state index contributed by atoms with van der Waals surface area (Å²) >= 11 is 0. The van der Waals surface area contributed by atoms with E-state index in [-0.39, 0.29) is 12.3 Å². The molecule has 1 atom stereocenters. The van der Waals surface area contributed by atoms with Crippen molar-refractivity contribution in [3.05, 3.63) is 0 Å². The highest BCUT2D eigenvalue weighted by Crippen LogP contribution is 2.32. The number of hydrogen-bond donors (Lipinski definition) is 2. The molecule has 2 N–H and O–H groups in total. The summed E-state index contributed by atoms with van der Waals surface area (Å²) in [4.78, 5) is 22.7. The van der Waals surface area contributed by atoms with Crippen molar-refractivity contribution in [1.82, 2.24) is 5.32 Å². The molecule has 1 saturated carbocycles. The van der Waals surface area contributed by atoms with Crippen molar-refractivity contribution >= 4 is 11.9 Å². The minimum atomic E-state index is -0.823. The molecule has 1 amide bonds. The summed E-state index contributed by atoms with van der Waals surface area (Å²) in [7, 11) is 0. The summed E-state index contributed by atoms with van der Waals surface area (Å²) in [6.07, 6.45) is 5.14. The van der Waals surface area contributed by atoms with Crippen LogP contribution >= 0.6 is 0 Å². The molecule has 0 spiro atoms. The van der Waals surface area contributed by atoms with Crippen LogP contribution in [-0.4, -0.2) is 22.5 Å². The first-order chi connectivity index (χ1) is 7.97. The minimum Gasteiger partial charge on any atom is -0.481 e. The average Bonchev–Trinajstić information content (AvgIpc) is 2.64. The molecule has 1 aliphatic carbocycles. The first kappa shape index (κ1) is 14.0. The zero-order valence-electron chi connectivity index (χ0n) is 10.8. The van der Waals surface area contributed by atoms with Crippen molar-refractivity contribution < 1.29 is 14.7 Å². The quantitative estimate of drug-likeness (QED) is 0.750. The van der Waals surface area contributed by atoms with Gasteiger partial charge in [-0.05, 0) is 18.8 Å². The van der Waals surface area contributed by atoms with Crippen LogP contribution in [0.3, 0.4) is 0 Å². The van der Waals surface area contributed by atoms with Crippen LogP contribution in [0.4, 0.5) is 0 Å². The number of amides is 1. The molecule has 0 aliphatic heterocycles. The van der Waals surface area contributed by atoms with E-state index in [9.17, 15) is 9.59 Å². The lowest BCUT2D eigenvalue weighted by Crippen LogP contribution is -2.48. The standard InChI is InChI=1S/C13H23NO3/c1-3-10(2)8-11(15)14-13(9-12(16)17)6-4-5-7-13/h10H,3-9H2,1-2H3,(H,14,15)(H,16,17). The maximum Gasteiger partial charge on any atom is 0.305 e. The van der Waals surface area contributed by atoms with Gasteiger partial charge in [-0.15, -0.1) is 0 Å². The van der Waals surface area contributed by atoms with Gasteiger partial charge in [-0.25, -0.2) is 0 Å². The number of carbonyl (C=O) groups excluding carboxylic acids is 1. The van der Waals surface area contributed by atoms with Crippen LogP contribution < -0.4 is 5.32 Å².